The van der Waals surface area contributed by atoms with Crippen molar-refractivity contribution in [1.82, 2.24) is 0 Å². The van der Waals surface area contributed by atoms with Crippen LogP contribution in [0.4, 0.5) is 0 Å². The Morgan fingerprint density at radius 1 is 0.526 bits per heavy atom. The smallest absolute Gasteiger partial charge is 0.457 e. The van der Waals surface area contributed by atoms with Gasteiger partial charge in [-0.3, -0.25) is 13.8 Å². The minimum atomic E-state index is -4.52. The molecule has 0 aromatic rings. The zero-order valence-electron chi connectivity index (χ0n) is 37.3. The van der Waals surface area contributed by atoms with Gasteiger partial charge in [-0.25, -0.2) is 4.57 Å². The summed E-state index contributed by atoms with van der Waals surface area (Å²) in [6.45, 7) is 3.56. The minimum absolute atomic E-state index is 0.0522. The van der Waals surface area contributed by atoms with E-state index in [0.717, 1.165) is 51.4 Å². The Kier molecular flexibility index (Phi) is 44.1. The van der Waals surface area contributed by atoms with Gasteiger partial charge in [-0.05, 0) is 38.5 Å². The first kappa shape index (κ1) is 56.2. The van der Waals surface area contributed by atoms with Gasteiger partial charge in [-0.2, -0.15) is 0 Å². The van der Waals surface area contributed by atoms with Gasteiger partial charge in [0.05, 0.1) is 26.4 Å². The van der Waals surface area contributed by atoms with Gasteiger partial charge in [0.1, 0.15) is 12.2 Å². The van der Waals surface area contributed by atoms with Gasteiger partial charge >= 0.3 is 13.8 Å². The van der Waals surface area contributed by atoms with Gasteiger partial charge in [0.15, 0.2) is 0 Å². The van der Waals surface area contributed by atoms with E-state index in [2.05, 4.69) is 26.0 Å². The number of esters is 1. The molecule has 0 saturated heterocycles. The zero-order valence-corrected chi connectivity index (χ0v) is 38.2. The maximum absolute atomic E-state index is 12.6. The molecule has 0 fully saturated rings. The predicted octanol–water partition coefficient (Wildman–Crippen LogP) is 13.7. The lowest BCUT2D eigenvalue weighted by Crippen LogP contribution is -2.29. The number of carbonyl (C=O) groups is 1. The van der Waals surface area contributed by atoms with Crippen LogP contribution in [0.15, 0.2) is 12.2 Å². The Bertz CT molecular complexity index is 902. The highest BCUT2D eigenvalue weighted by Gasteiger charge is 2.26. The summed E-state index contributed by atoms with van der Waals surface area (Å²) < 4.78 is 33.5. The largest absolute Gasteiger partial charge is 0.472 e. The fourth-order valence-corrected chi connectivity index (χ4v) is 7.79. The molecule has 3 atom stereocenters. The number of carbonyl (C=O) groups excluding carboxylic acids is 1. The van der Waals surface area contributed by atoms with E-state index in [0.29, 0.717) is 6.61 Å². The number of phosphoric acid groups is 1. The van der Waals surface area contributed by atoms with Crippen molar-refractivity contribution >= 4 is 13.8 Å². The van der Waals surface area contributed by atoms with Crippen LogP contribution in [0.3, 0.4) is 0 Å². The zero-order chi connectivity index (χ0) is 41.8. The molecule has 57 heavy (non-hydrogen) atoms. The van der Waals surface area contributed by atoms with Crippen LogP contribution in [0.25, 0.3) is 0 Å². The summed E-state index contributed by atoms with van der Waals surface area (Å²) in [6.07, 6.45) is 46.0. The molecule has 0 saturated carbocycles. The molecule has 0 radical (unpaired) electrons. The number of ether oxygens (including phenoxy) is 2. The molecule has 0 spiro atoms. The lowest BCUT2D eigenvalue weighted by atomic mass is 10.0. The fourth-order valence-electron chi connectivity index (χ4n) is 7.00. The van der Waals surface area contributed by atoms with Crippen LogP contribution in [0.5, 0.6) is 0 Å². The molecule has 0 aromatic carbocycles. The standard InChI is InChI=1S/C47H93O9P/c1-3-5-7-9-11-13-15-17-19-20-21-22-23-24-26-28-30-32-34-36-38-40-53-43-46(44-55-57(51,52)54-42-45(49)41-48)56-47(50)39-37-35-33-31-29-27-25-18-16-14-12-10-8-6-4-2/h18,25,45-46,48-49H,3-17,19-24,26-44H2,1-2H3,(H,51,52)/b25-18-. The van der Waals surface area contributed by atoms with Gasteiger partial charge < -0.3 is 24.6 Å². The molecule has 0 aliphatic heterocycles. The Hall–Kier alpha value is -0.800. The summed E-state index contributed by atoms with van der Waals surface area (Å²) in [7, 11) is -4.52. The van der Waals surface area contributed by atoms with E-state index < -0.39 is 33.2 Å². The molecule has 3 unspecified atom stereocenters. The summed E-state index contributed by atoms with van der Waals surface area (Å²) in [5.74, 6) is -0.386. The normalized spacial score (nSPS) is 14.0. The number of phosphoric ester groups is 1. The molecular formula is C47H93O9P. The van der Waals surface area contributed by atoms with Crippen LogP contribution in [-0.4, -0.2) is 66.3 Å². The second-order valence-electron chi connectivity index (χ2n) is 16.5. The van der Waals surface area contributed by atoms with Gasteiger partial charge in [0.2, 0.25) is 0 Å². The van der Waals surface area contributed by atoms with Crippen LogP contribution >= 0.6 is 7.82 Å². The minimum Gasteiger partial charge on any atom is -0.457 e. The summed E-state index contributed by atoms with van der Waals surface area (Å²) in [5.41, 5.74) is 0. The van der Waals surface area contributed by atoms with Crippen molar-refractivity contribution in [2.75, 3.05) is 33.0 Å². The maximum atomic E-state index is 12.6. The van der Waals surface area contributed by atoms with E-state index in [1.54, 1.807) is 0 Å². The topological polar surface area (TPSA) is 132 Å². The predicted molar refractivity (Wildman–Crippen MR) is 238 cm³/mol. The Balaban J connectivity index is 4.05. The first-order valence-corrected chi connectivity index (χ1v) is 25.7. The molecule has 0 bridgehead atoms. The number of hydrogen-bond acceptors (Lipinski definition) is 8. The maximum Gasteiger partial charge on any atom is 0.472 e. The molecule has 0 rings (SSSR count). The van der Waals surface area contributed by atoms with Crippen LogP contribution in [0.1, 0.15) is 239 Å². The van der Waals surface area contributed by atoms with Gasteiger partial charge in [-0.15, -0.1) is 0 Å². The van der Waals surface area contributed by atoms with Gasteiger partial charge in [0.25, 0.3) is 0 Å². The van der Waals surface area contributed by atoms with Crippen LogP contribution in [-0.2, 0) is 27.9 Å². The van der Waals surface area contributed by atoms with Gasteiger partial charge in [0, 0.05) is 13.0 Å². The van der Waals surface area contributed by atoms with E-state index in [4.69, 9.17) is 23.6 Å². The number of aliphatic hydroxyl groups excluding tert-OH is 2. The lowest BCUT2D eigenvalue weighted by molar-refractivity contribution is -0.154. The molecule has 340 valence electrons. The summed E-state index contributed by atoms with van der Waals surface area (Å²) >= 11 is 0. The number of rotatable bonds is 47. The van der Waals surface area contributed by atoms with E-state index in [9.17, 15) is 19.4 Å². The summed E-state index contributed by atoms with van der Waals surface area (Å²) in [5, 5.41) is 18.4. The second-order valence-corrected chi connectivity index (χ2v) is 17.9. The van der Waals surface area contributed by atoms with E-state index in [-0.39, 0.29) is 25.6 Å². The molecule has 10 heteroatoms. The highest BCUT2D eigenvalue weighted by Crippen LogP contribution is 2.43. The van der Waals surface area contributed by atoms with E-state index in [1.165, 1.54) is 167 Å². The van der Waals surface area contributed by atoms with Crippen molar-refractivity contribution in [3.05, 3.63) is 12.2 Å². The van der Waals surface area contributed by atoms with E-state index in [1.807, 2.05) is 0 Å². The quantitative estimate of drug-likeness (QED) is 0.0237. The van der Waals surface area contributed by atoms with E-state index >= 15 is 0 Å². The fraction of sp³-hybridized carbons (Fsp3) is 0.936. The van der Waals surface area contributed by atoms with Gasteiger partial charge in [-0.1, -0.05) is 206 Å². The molecule has 9 nitrogen and oxygen atoms in total. The molecule has 0 aromatic heterocycles. The SMILES string of the molecule is CCCCCCCC/C=C\CCCCCCCC(=O)OC(COCCCCCCCCCCCCCCCCCCCCCCC)COP(=O)(O)OCC(O)CO. The first-order valence-electron chi connectivity index (χ1n) is 24.2. The Morgan fingerprint density at radius 3 is 1.32 bits per heavy atom. The monoisotopic (exact) mass is 833 g/mol. The highest BCUT2D eigenvalue weighted by molar-refractivity contribution is 7.47. The third-order valence-corrected chi connectivity index (χ3v) is 11.7. The number of aliphatic hydroxyl groups is 2. The molecule has 0 aliphatic rings. The molecule has 0 aliphatic carbocycles. The Labute approximate surface area is 351 Å². The number of hydrogen-bond donors (Lipinski definition) is 3. The van der Waals surface area contributed by atoms with Crippen molar-refractivity contribution in [2.24, 2.45) is 0 Å². The molecule has 0 heterocycles. The van der Waals surface area contributed by atoms with Crippen molar-refractivity contribution < 1.29 is 43.0 Å². The van der Waals surface area contributed by atoms with Crippen molar-refractivity contribution in [1.29, 1.82) is 0 Å². The van der Waals surface area contributed by atoms with Crippen LogP contribution < -0.4 is 0 Å². The third-order valence-electron chi connectivity index (χ3n) is 10.7. The van der Waals surface area contributed by atoms with Crippen molar-refractivity contribution in [3.63, 3.8) is 0 Å². The van der Waals surface area contributed by atoms with Crippen molar-refractivity contribution in [2.45, 2.75) is 251 Å². The average molecular weight is 833 g/mol. The summed E-state index contributed by atoms with van der Waals surface area (Å²) in [6, 6.07) is 0. The summed E-state index contributed by atoms with van der Waals surface area (Å²) in [4.78, 5) is 22.6. The van der Waals surface area contributed by atoms with Crippen LogP contribution in [0.2, 0.25) is 0 Å². The molecule has 0 amide bonds. The first-order chi connectivity index (χ1) is 27.8. The molecule has 3 N–H and O–H groups in total. The average Bonchev–Trinajstić information content (AvgIpc) is 3.20. The number of unbranched alkanes of at least 4 members (excludes halogenated alkanes) is 31. The number of allylic oxidation sites excluding steroid dienone is 2. The Morgan fingerprint density at radius 2 is 0.895 bits per heavy atom. The van der Waals surface area contributed by atoms with Crippen molar-refractivity contribution in [3.8, 4) is 0 Å². The second kappa shape index (κ2) is 44.7. The lowest BCUT2D eigenvalue weighted by Gasteiger charge is -2.20. The van der Waals surface area contributed by atoms with Crippen LogP contribution in [0, 0.1) is 0 Å². The molecular weight excluding hydrogens is 739 g/mol. The highest BCUT2D eigenvalue weighted by atomic mass is 31.2. The third kappa shape index (κ3) is 44.6.